The van der Waals surface area contributed by atoms with E-state index in [0.29, 0.717) is 0 Å². The van der Waals surface area contributed by atoms with Gasteiger partial charge in [-0.2, -0.15) is 0 Å². The van der Waals surface area contributed by atoms with Gasteiger partial charge in [-0.15, -0.1) is 0 Å². The van der Waals surface area contributed by atoms with Crippen molar-refractivity contribution in [3.63, 3.8) is 0 Å². The largest absolute Gasteiger partial charge is 0.460 e. The average molecular weight is 323 g/mol. The Morgan fingerprint density at radius 3 is 2.50 bits per heavy atom. The third-order valence-corrected chi connectivity index (χ3v) is 6.07. The maximum atomic E-state index is 10.8. The topological polar surface area (TPSA) is 46.5 Å². The molecule has 0 aliphatic rings. The highest BCUT2D eigenvalue weighted by Gasteiger charge is 2.20. The van der Waals surface area contributed by atoms with Crippen LogP contribution in [-0.4, -0.2) is 23.8 Å². The molecule has 0 bridgehead atoms. The number of hydrogen-bond donors (Lipinski definition) is 1. The number of aliphatic hydroxyl groups excluding tert-OH is 1. The minimum Gasteiger partial charge on any atom is -0.460 e. The minimum atomic E-state index is -2.20. The lowest BCUT2D eigenvalue weighted by Gasteiger charge is -2.19. The molecule has 0 fully saturated rings. The standard InChI is InChI=1S/C10H12BrO3PS/c1-8(13)14-7-15(16,6-12)10-4-2-9(11)3-5-10/h2-5,12H,6-7H2,1H3. The molecule has 0 aliphatic carbocycles. The maximum absolute atomic E-state index is 10.8. The molecule has 3 nitrogen and oxygen atoms in total. The van der Waals surface area contributed by atoms with Gasteiger partial charge in [0.1, 0.15) is 6.35 Å². The molecule has 1 N–H and O–H groups in total. The number of halogens is 1. The molecule has 6 heteroatoms. The Bertz CT molecular complexity index is 419. The Labute approximate surface area is 108 Å². The Kier molecular flexibility index (Phi) is 5.12. The highest BCUT2D eigenvalue weighted by Crippen LogP contribution is 2.43. The van der Waals surface area contributed by atoms with Crippen LogP contribution in [0.15, 0.2) is 28.7 Å². The van der Waals surface area contributed by atoms with E-state index in [2.05, 4.69) is 15.9 Å². The quantitative estimate of drug-likeness (QED) is 0.680. The van der Waals surface area contributed by atoms with Gasteiger partial charge in [0.2, 0.25) is 0 Å². The first-order valence-corrected chi connectivity index (χ1v) is 8.53. The zero-order valence-electron chi connectivity index (χ0n) is 8.72. The van der Waals surface area contributed by atoms with Crippen molar-refractivity contribution < 1.29 is 14.6 Å². The fourth-order valence-corrected chi connectivity index (χ4v) is 3.37. The van der Waals surface area contributed by atoms with Crippen LogP contribution in [0.3, 0.4) is 0 Å². The fraction of sp³-hybridized carbons (Fsp3) is 0.300. The van der Waals surface area contributed by atoms with Crippen molar-refractivity contribution in [1.82, 2.24) is 0 Å². The van der Waals surface area contributed by atoms with Gasteiger partial charge in [-0.1, -0.05) is 39.9 Å². The van der Waals surface area contributed by atoms with E-state index in [1.54, 1.807) is 0 Å². The summed E-state index contributed by atoms with van der Waals surface area (Å²) in [5.41, 5.74) is 0. The molecule has 0 amide bonds. The number of rotatable bonds is 4. The molecule has 1 atom stereocenters. The SMILES string of the molecule is CC(=O)OCP(=S)(CO)c1ccc(Br)cc1. The Hall–Kier alpha value is -0.220. The zero-order valence-corrected chi connectivity index (χ0v) is 12.0. The van der Waals surface area contributed by atoms with E-state index in [9.17, 15) is 9.90 Å². The van der Waals surface area contributed by atoms with Crippen LogP contribution < -0.4 is 5.30 Å². The summed E-state index contributed by atoms with van der Waals surface area (Å²) >= 11 is 8.73. The van der Waals surface area contributed by atoms with Crippen LogP contribution in [0.5, 0.6) is 0 Å². The smallest absolute Gasteiger partial charge is 0.303 e. The number of esters is 1. The molecule has 16 heavy (non-hydrogen) atoms. The Morgan fingerprint density at radius 2 is 2.06 bits per heavy atom. The van der Waals surface area contributed by atoms with Crippen molar-refractivity contribution in [3.05, 3.63) is 28.7 Å². The van der Waals surface area contributed by atoms with Crippen LogP contribution in [0.1, 0.15) is 6.92 Å². The highest BCUT2D eigenvalue weighted by atomic mass is 79.9. The number of hydrogen-bond acceptors (Lipinski definition) is 4. The van der Waals surface area contributed by atoms with Gasteiger partial charge >= 0.3 is 5.97 Å². The summed E-state index contributed by atoms with van der Waals surface area (Å²) in [5.74, 6) is -0.375. The van der Waals surface area contributed by atoms with E-state index in [1.807, 2.05) is 24.3 Å². The molecule has 0 heterocycles. The lowest BCUT2D eigenvalue weighted by atomic mass is 10.4. The summed E-state index contributed by atoms with van der Waals surface area (Å²) in [6.07, 6.45) is -0.0347. The Morgan fingerprint density at radius 1 is 1.50 bits per heavy atom. The van der Waals surface area contributed by atoms with Crippen LogP contribution in [0.25, 0.3) is 0 Å². The monoisotopic (exact) mass is 322 g/mol. The van der Waals surface area contributed by atoms with Gasteiger partial charge in [-0.05, 0) is 17.4 Å². The van der Waals surface area contributed by atoms with Crippen LogP contribution in [0.2, 0.25) is 0 Å². The molecule has 0 radical (unpaired) electrons. The first-order chi connectivity index (χ1) is 7.48. The predicted molar refractivity (Wildman–Crippen MR) is 71.8 cm³/mol. The second-order valence-corrected chi connectivity index (χ2v) is 9.12. The highest BCUT2D eigenvalue weighted by molar-refractivity contribution is 9.10. The molecular formula is C10H12BrO3PS. The maximum Gasteiger partial charge on any atom is 0.303 e. The lowest BCUT2D eigenvalue weighted by Crippen LogP contribution is -2.13. The van der Waals surface area contributed by atoms with E-state index in [1.165, 1.54) is 6.92 Å². The lowest BCUT2D eigenvalue weighted by molar-refractivity contribution is -0.138. The van der Waals surface area contributed by atoms with Crippen LogP contribution in [0.4, 0.5) is 0 Å². The van der Waals surface area contributed by atoms with E-state index in [-0.39, 0.29) is 18.7 Å². The molecule has 0 spiro atoms. The van der Waals surface area contributed by atoms with Crippen LogP contribution in [0, 0.1) is 0 Å². The van der Waals surface area contributed by atoms with Crippen molar-refractivity contribution in [3.8, 4) is 0 Å². The summed E-state index contributed by atoms with van der Waals surface area (Å²) in [5, 5.41) is 10.2. The summed E-state index contributed by atoms with van der Waals surface area (Å²) in [6.45, 7) is 1.33. The van der Waals surface area contributed by atoms with Crippen molar-refractivity contribution in [2.75, 3.05) is 12.7 Å². The summed E-state index contributed by atoms with van der Waals surface area (Å²) in [4.78, 5) is 10.8. The van der Waals surface area contributed by atoms with Crippen molar-refractivity contribution in [1.29, 1.82) is 0 Å². The molecule has 1 rings (SSSR count). The number of carbonyl (C=O) groups is 1. The van der Waals surface area contributed by atoms with Gasteiger partial charge in [0, 0.05) is 17.4 Å². The molecule has 0 saturated heterocycles. The molecule has 1 aromatic rings. The fourth-order valence-electron chi connectivity index (χ4n) is 1.10. The van der Waals surface area contributed by atoms with Gasteiger partial charge in [0.25, 0.3) is 0 Å². The molecule has 1 aromatic carbocycles. The summed E-state index contributed by atoms with van der Waals surface area (Å²) in [7, 11) is 0. The second kappa shape index (κ2) is 5.92. The van der Waals surface area contributed by atoms with Crippen LogP contribution in [-0.2, 0) is 21.3 Å². The number of aliphatic hydroxyl groups is 1. The molecule has 0 aliphatic heterocycles. The van der Waals surface area contributed by atoms with E-state index < -0.39 is 6.04 Å². The Balaban J connectivity index is 2.91. The number of benzene rings is 1. The first kappa shape index (κ1) is 13.8. The van der Waals surface area contributed by atoms with Gasteiger partial charge in [-0.3, -0.25) is 4.79 Å². The number of carbonyl (C=O) groups excluding carboxylic acids is 1. The summed E-state index contributed by atoms with van der Waals surface area (Å²) < 4.78 is 5.86. The molecule has 0 aromatic heterocycles. The molecule has 88 valence electrons. The summed E-state index contributed by atoms with van der Waals surface area (Å²) in [6, 6.07) is 5.22. The van der Waals surface area contributed by atoms with Gasteiger partial charge in [0.15, 0.2) is 0 Å². The van der Waals surface area contributed by atoms with E-state index in [4.69, 9.17) is 16.5 Å². The number of ether oxygens (including phenoxy) is 1. The molecule has 0 saturated carbocycles. The third kappa shape index (κ3) is 3.67. The van der Waals surface area contributed by atoms with E-state index >= 15 is 0 Å². The van der Waals surface area contributed by atoms with Gasteiger partial charge < -0.3 is 9.84 Å². The minimum absolute atomic E-state index is 0.107. The van der Waals surface area contributed by atoms with Gasteiger partial charge in [-0.25, -0.2) is 0 Å². The molecular weight excluding hydrogens is 311 g/mol. The first-order valence-electron chi connectivity index (χ1n) is 4.56. The zero-order chi connectivity index (χ0) is 12.2. The van der Waals surface area contributed by atoms with E-state index in [0.717, 1.165) is 9.78 Å². The average Bonchev–Trinajstić information content (AvgIpc) is 2.27. The van der Waals surface area contributed by atoms with Crippen LogP contribution >= 0.6 is 22.0 Å². The second-order valence-electron chi connectivity index (χ2n) is 3.27. The molecule has 1 unspecified atom stereocenters. The van der Waals surface area contributed by atoms with Crippen molar-refractivity contribution in [2.24, 2.45) is 0 Å². The van der Waals surface area contributed by atoms with Crippen molar-refractivity contribution >= 4 is 45.0 Å². The normalized spacial score (nSPS) is 14.2. The van der Waals surface area contributed by atoms with Crippen molar-refractivity contribution in [2.45, 2.75) is 6.92 Å². The predicted octanol–water partition coefficient (Wildman–Crippen LogP) is 2.02. The van der Waals surface area contributed by atoms with Gasteiger partial charge in [0.05, 0.1) is 6.35 Å². The third-order valence-electron chi connectivity index (χ3n) is 2.00.